The third-order valence-electron chi connectivity index (χ3n) is 12.3. The van der Waals surface area contributed by atoms with Crippen LogP contribution in [0.2, 0.25) is 0 Å². The van der Waals surface area contributed by atoms with Gasteiger partial charge in [-0.25, -0.2) is 0 Å². The quantitative estimate of drug-likeness (QED) is 0.0252. The predicted octanol–water partition coefficient (Wildman–Crippen LogP) is -7.34. The largest absolute Gasteiger partial charge is 0.481 e. The third kappa shape index (κ3) is 150. The fourth-order valence-electron chi connectivity index (χ4n) is 6.82. The van der Waals surface area contributed by atoms with Crippen LogP contribution in [-0.2, 0) is 9.59 Å². The molecule has 0 heterocycles. The molecule has 2 atom stereocenters. The molecule has 2 unspecified atom stereocenters. The van der Waals surface area contributed by atoms with Gasteiger partial charge in [0.05, 0.1) is 72.4 Å². The molecular formula is C66H168N20O14. The minimum absolute atomic E-state index is 0.00278. The molecule has 0 saturated carbocycles. The van der Waals surface area contributed by atoms with Crippen molar-refractivity contribution < 1.29 is 70.9 Å². The fraction of sp³-hybridized carbons (Fsp3) is 0.970. The van der Waals surface area contributed by atoms with Crippen molar-refractivity contribution in [1.29, 1.82) is 0 Å². The molecule has 0 amide bonds. The number of hydrogen-bond acceptors (Lipinski definition) is 32. The number of carboxylic acid groups (broad SMARTS) is 2. The number of aliphatic hydroxyl groups excluding tert-OH is 10. The Balaban J connectivity index is -0.000000114. The van der Waals surface area contributed by atoms with Crippen LogP contribution in [0.3, 0.4) is 0 Å². The van der Waals surface area contributed by atoms with Crippen molar-refractivity contribution in [2.45, 2.75) is 132 Å². The van der Waals surface area contributed by atoms with Crippen LogP contribution in [0.15, 0.2) is 0 Å². The fourth-order valence-corrected chi connectivity index (χ4v) is 6.82. The third-order valence-corrected chi connectivity index (χ3v) is 12.3. The van der Waals surface area contributed by atoms with Crippen molar-refractivity contribution in [3.63, 3.8) is 0 Å². The number of nitrogens with two attached hydrogens (primary N) is 4. The van der Waals surface area contributed by atoms with Crippen molar-refractivity contribution in [2.75, 3.05) is 289 Å². The smallest absolute Gasteiger partial charge is 0.317 e. The summed E-state index contributed by atoms with van der Waals surface area (Å²) in [7, 11) is 0. The predicted molar refractivity (Wildman–Crippen MR) is 416 cm³/mol. The van der Waals surface area contributed by atoms with Gasteiger partial charge < -0.3 is 159 Å². The molecular weight excluding hydrogens is 1300 g/mol. The Morgan fingerprint density at radius 1 is 0.320 bits per heavy atom. The van der Waals surface area contributed by atoms with E-state index in [9.17, 15) is 9.59 Å². The second-order valence-electron chi connectivity index (χ2n) is 22.4. The highest BCUT2D eigenvalue weighted by molar-refractivity contribution is 5.69. The number of carboxylic acids is 2. The van der Waals surface area contributed by atoms with Crippen LogP contribution < -0.4 is 97.4 Å². The highest BCUT2D eigenvalue weighted by atomic mass is 16.4. The van der Waals surface area contributed by atoms with Gasteiger partial charge in [0.1, 0.15) is 0 Å². The summed E-state index contributed by atoms with van der Waals surface area (Å²) in [5, 5.41) is 146. The van der Waals surface area contributed by atoms with E-state index in [-0.39, 0.29) is 91.1 Å². The van der Waals surface area contributed by atoms with Crippen molar-refractivity contribution in [1.82, 2.24) is 84.2 Å². The summed E-state index contributed by atoms with van der Waals surface area (Å²) in [6, 6.07) is 1.61. The van der Waals surface area contributed by atoms with Crippen molar-refractivity contribution in [2.24, 2.45) is 22.9 Å². The summed E-state index contributed by atoms with van der Waals surface area (Å²) in [4.78, 5) is 23.6. The molecule has 0 bridgehead atoms. The first-order valence-electron chi connectivity index (χ1n) is 37.1. The summed E-state index contributed by atoms with van der Waals surface area (Å²) in [5.41, 5.74) is 20.5. The van der Waals surface area contributed by atoms with Crippen molar-refractivity contribution >= 4 is 11.9 Å². The normalized spacial score (nSPS) is 11.0. The van der Waals surface area contributed by atoms with Gasteiger partial charge in [0.15, 0.2) is 0 Å². The Kier molecular flexibility index (Phi) is 143. The van der Waals surface area contributed by atoms with E-state index in [1.54, 1.807) is 0 Å². The van der Waals surface area contributed by atoms with Crippen LogP contribution in [0, 0.1) is 0 Å². The molecule has 0 spiro atoms. The number of likely N-dealkylation sites (N-methyl/N-ethyl adjacent to an activating group) is 2. The maximum absolute atomic E-state index is 9.89. The maximum Gasteiger partial charge on any atom is 0.317 e. The Labute approximate surface area is 608 Å². The van der Waals surface area contributed by atoms with Gasteiger partial charge in [-0.1, -0.05) is 69.2 Å². The average Bonchev–Trinajstić information content (AvgIpc) is 1.56. The lowest BCUT2D eigenvalue weighted by Gasteiger charge is -2.25. The van der Waals surface area contributed by atoms with E-state index in [2.05, 4.69) is 130 Å². The van der Waals surface area contributed by atoms with Crippen LogP contribution >= 0.6 is 0 Å². The molecule has 34 heteroatoms. The van der Waals surface area contributed by atoms with Gasteiger partial charge in [-0.3, -0.25) is 19.4 Å². The molecule has 0 aromatic rings. The molecule has 0 aliphatic heterocycles. The van der Waals surface area contributed by atoms with Crippen molar-refractivity contribution in [3.8, 4) is 0 Å². The number of rotatable bonds is 62. The number of nitrogens with zero attached hydrogens (tertiary/aromatic N) is 2. The van der Waals surface area contributed by atoms with E-state index in [0.717, 1.165) is 131 Å². The second-order valence-corrected chi connectivity index (χ2v) is 22.4. The summed E-state index contributed by atoms with van der Waals surface area (Å²) in [6.07, 6.45) is 5.32. The molecule has 0 aliphatic rings. The van der Waals surface area contributed by atoms with Gasteiger partial charge in [-0.2, -0.15) is 0 Å². The maximum atomic E-state index is 9.89. The minimum Gasteiger partial charge on any atom is -0.481 e. The lowest BCUT2D eigenvalue weighted by atomic mass is 10.2. The van der Waals surface area contributed by atoms with E-state index < -0.39 is 11.9 Å². The summed E-state index contributed by atoms with van der Waals surface area (Å²) < 4.78 is 0. The zero-order valence-electron chi connectivity index (χ0n) is 65.1. The standard InChI is InChI=1S/C10H24N2O4.C10H24N2O2.2C8H20N2.C6H16N2O2.C6H16N2.C5H12N2O2.C5H14N2O.C4H10N2O2.C4H12N2O/c13-7-3-11(4-8-14)1-2-12(5-9-15)6-10-16;1-3-9(7-13)11-5-6-12-10(4-2)8-14;1-7(2)9-5-6-10-8(3)4;1-3-5-9-7-8-10-6-4-2;9-5-3-7-1-2-8-4-6-10;1-3-7-5-6-8-4-2;6-2-4-7-3-1-5(8)9;6-2-4-7-3-1-5-8;5-1-2-6-3-4(7)8;5-1-2-6-3-4-7/h13-16H,1-10H2;9-14H,3-8H2,1-2H3;7-10H,5-6H2,1-4H3;9-10H,3-8H2,1-2H3;7-10H,1-6H2;7-8H,3-6H2,1-2H3;7H,1-4,6H2,(H,8,9);7-8H,1-6H2;6H,1-3,5H2,(H,7,8);6-7H,1-5H2. The van der Waals surface area contributed by atoms with E-state index >= 15 is 0 Å². The minimum atomic E-state index is -0.849. The first kappa shape index (κ1) is 119. The van der Waals surface area contributed by atoms with E-state index in [1.807, 2.05) is 23.6 Å². The van der Waals surface area contributed by atoms with E-state index in [4.69, 9.17) is 84.2 Å². The number of carbonyl (C=O) groups is 2. The molecule has 0 saturated heterocycles. The molecule has 616 valence electrons. The van der Waals surface area contributed by atoms with Gasteiger partial charge in [0, 0.05) is 214 Å². The molecule has 0 aromatic heterocycles. The molecule has 0 aromatic carbocycles. The Morgan fingerprint density at radius 2 is 0.620 bits per heavy atom. The first-order chi connectivity index (χ1) is 48.3. The summed E-state index contributed by atoms with van der Waals surface area (Å²) in [6.45, 7) is 49.2. The molecule has 34 nitrogen and oxygen atoms in total. The van der Waals surface area contributed by atoms with Gasteiger partial charge in [-0.15, -0.1) is 0 Å². The SMILES string of the molecule is CC(C)NCCNC(C)C.CCC(CO)NCCNC(CC)CO.CCCNCCNCCC.CCNCCNCC.NCCNCC(=O)O.NCCNCCC(=O)O.NCCNCCCO.NCCNCCO.OCCN(CCO)CCN(CCO)CCO.OCCNCCNCCO. The number of aliphatic carboxylic acids is 2. The Bertz CT molecular complexity index is 1230. The molecule has 0 aliphatic carbocycles. The van der Waals surface area contributed by atoms with Crippen LogP contribution in [0.4, 0.5) is 0 Å². The highest BCUT2D eigenvalue weighted by Crippen LogP contribution is 1.93. The van der Waals surface area contributed by atoms with Crippen LogP contribution in [-0.4, -0.2) is 396 Å². The monoisotopic (exact) mass is 1470 g/mol. The van der Waals surface area contributed by atoms with Gasteiger partial charge in [0.25, 0.3) is 0 Å². The summed E-state index contributed by atoms with van der Waals surface area (Å²) >= 11 is 0. The van der Waals surface area contributed by atoms with Gasteiger partial charge >= 0.3 is 11.9 Å². The number of nitrogens with one attached hydrogen (secondary N) is 14. The van der Waals surface area contributed by atoms with Crippen molar-refractivity contribution in [3.05, 3.63) is 0 Å². The Hall–Kier alpha value is -2.26. The van der Waals surface area contributed by atoms with Gasteiger partial charge in [-0.05, 0) is 64.8 Å². The molecule has 0 radical (unpaired) electrons. The van der Waals surface area contributed by atoms with Crippen LogP contribution in [0.25, 0.3) is 0 Å². The van der Waals surface area contributed by atoms with E-state index in [0.29, 0.717) is 117 Å². The lowest BCUT2D eigenvalue weighted by Crippen LogP contribution is -2.40. The topological polar surface area (TPSA) is 556 Å². The average molecular weight is 1470 g/mol. The van der Waals surface area contributed by atoms with Crippen LogP contribution in [0.1, 0.15) is 108 Å². The lowest BCUT2D eigenvalue weighted by molar-refractivity contribution is -0.137. The highest BCUT2D eigenvalue weighted by Gasteiger charge is 2.09. The zero-order valence-corrected chi connectivity index (χ0v) is 65.1. The zero-order chi connectivity index (χ0) is 77.9. The van der Waals surface area contributed by atoms with Crippen LogP contribution in [0.5, 0.6) is 0 Å². The Morgan fingerprint density at radius 3 is 0.880 bits per heavy atom. The summed E-state index contributed by atoms with van der Waals surface area (Å²) in [5.74, 6) is -1.63. The second kappa shape index (κ2) is 121. The molecule has 0 rings (SSSR count). The van der Waals surface area contributed by atoms with E-state index in [1.165, 1.54) is 12.8 Å². The number of hydrogen-bond donors (Lipinski definition) is 30. The number of aliphatic hydroxyl groups is 10. The molecule has 34 N–H and O–H groups in total. The first-order valence-corrected chi connectivity index (χ1v) is 37.1. The van der Waals surface area contributed by atoms with Gasteiger partial charge in [0.2, 0.25) is 0 Å². The molecule has 100 heavy (non-hydrogen) atoms. The molecule has 0 fully saturated rings.